The van der Waals surface area contributed by atoms with Crippen LogP contribution in [-0.4, -0.2) is 0 Å². The first-order chi connectivity index (χ1) is 21.7. The first-order valence-corrected chi connectivity index (χ1v) is 16.8. The van der Waals surface area contributed by atoms with Crippen molar-refractivity contribution < 1.29 is 0 Å². The first kappa shape index (κ1) is 29.6. The summed E-state index contributed by atoms with van der Waals surface area (Å²) >= 11 is 7.23. The fourth-order valence-corrected chi connectivity index (χ4v) is 6.98. The standard InChI is InChI=1S/C41H34Br2N2/c1-27-5-13-31(14-6-27)44(33-17-9-29(42)10-18-33)35-21-23-37-38-24-22-36(26-40(38)41(3,4)39(37)25-35)45(32-15-7-28(2)8-16-32)34-19-11-30(43)12-20-34/h5-26H,1-4H3. The highest BCUT2D eigenvalue weighted by molar-refractivity contribution is 9.10. The van der Waals surface area contributed by atoms with E-state index in [9.17, 15) is 0 Å². The smallest absolute Gasteiger partial charge is 0.0465 e. The summed E-state index contributed by atoms with van der Waals surface area (Å²) in [5, 5.41) is 0. The summed E-state index contributed by atoms with van der Waals surface area (Å²) < 4.78 is 2.14. The average Bonchev–Trinajstić information content (AvgIpc) is 3.26. The molecule has 1 aliphatic rings. The van der Waals surface area contributed by atoms with Crippen LogP contribution in [0.1, 0.15) is 36.1 Å². The van der Waals surface area contributed by atoms with E-state index < -0.39 is 0 Å². The maximum Gasteiger partial charge on any atom is 0.0465 e. The zero-order valence-corrected chi connectivity index (χ0v) is 29.0. The van der Waals surface area contributed by atoms with Gasteiger partial charge in [0.15, 0.2) is 0 Å². The molecule has 0 saturated heterocycles. The minimum Gasteiger partial charge on any atom is -0.310 e. The van der Waals surface area contributed by atoms with Gasteiger partial charge in [0.2, 0.25) is 0 Å². The number of halogens is 2. The van der Waals surface area contributed by atoms with E-state index in [1.165, 1.54) is 33.4 Å². The minimum atomic E-state index is -0.186. The third-order valence-electron chi connectivity index (χ3n) is 8.91. The average molecular weight is 715 g/mol. The lowest BCUT2D eigenvalue weighted by molar-refractivity contribution is 0.660. The van der Waals surface area contributed by atoms with Crippen LogP contribution >= 0.6 is 31.9 Å². The van der Waals surface area contributed by atoms with Gasteiger partial charge in [0.1, 0.15) is 0 Å². The van der Waals surface area contributed by atoms with E-state index in [0.717, 1.165) is 43.1 Å². The van der Waals surface area contributed by atoms with E-state index in [0.29, 0.717) is 0 Å². The molecular formula is C41H34Br2N2. The Kier molecular flexibility index (Phi) is 7.67. The quantitative estimate of drug-likeness (QED) is 0.169. The lowest BCUT2D eigenvalue weighted by atomic mass is 9.82. The van der Waals surface area contributed by atoms with Crippen molar-refractivity contribution in [3.63, 3.8) is 0 Å². The van der Waals surface area contributed by atoms with Crippen molar-refractivity contribution >= 4 is 66.0 Å². The molecule has 0 radical (unpaired) electrons. The number of rotatable bonds is 6. The van der Waals surface area contributed by atoms with Crippen LogP contribution in [0.4, 0.5) is 34.1 Å². The molecule has 0 unspecified atom stereocenters. The van der Waals surface area contributed by atoms with E-state index in [1.807, 2.05) is 0 Å². The number of hydrogen-bond acceptors (Lipinski definition) is 2. The summed E-state index contributed by atoms with van der Waals surface area (Å²) in [6, 6.07) is 48.6. The molecule has 7 rings (SSSR count). The second kappa shape index (κ2) is 11.7. The Morgan fingerprint density at radius 1 is 0.400 bits per heavy atom. The summed E-state index contributed by atoms with van der Waals surface area (Å²) in [6.07, 6.45) is 0. The predicted molar refractivity (Wildman–Crippen MR) is 198 cm³/mol. The van der Waals surface area contributed by atoms with Gasteiger partial charge in [-0.05, 0) is 133 Å². The van der Waals surface area contributed by atoms with Gasteiger partial charge >= 0.3 is 0 Å². The van der Waals surface area contributed by atoms with Gasteiger partial charge in [-0.2, -0.15) is 0 Å². The molecule has 45 heavy (non-hydrogen) atoms. The summed E-state index contributed by atoms with van der Waals surface area (Å²) in [5.74, 6) is 0. The Bertz CT molecular complexity index is 1760. The summed E-state index contributed by atoms with van der Waals surface area (Å²) in [7, 11) is 0. The van der Waals surface area contributed by atoms with Gasteiger partial charge in [0, 0.05) is 48.5 Å². The maximum absolute atomic E-state index is 3.62. The number of benzene rings is 6. The van der Waals surface area contributed by atoms with Gasteiger partial charge in [-0.3, -0.25) is 0 Å². The summed E-state index contributed by atoms with van der Waals surface area (Å²) in [4.78, 5) is 4.70. The molecule has 4 heteroatoms. The fourth-order valence-electron chi connectivity index (χ4n) is 6.45. The second-order valence-electron chi connectivity index (χ2n) is 12.4. The summed E-state index contributed by atoms with van der Waals surface area (Å²) in [6.45, 7) is 8.98. The molecule has 2 nitrogen and oxygen atoms in total. The molecular weight excluding hydrogens is 680 g/mol. The second-order valence-corrected chi connectivity index (χ2v) is 14.2. The van der Waals surface area contributed by atoms with Crippen LogP contribution < -0.4 is 9.80 Å². The Balaban J connectivity index is 1.33. The van der Waals surface area contributed by atoms with Crippen molar-refractivity contribution in [3.05, 3.63) is 165 Å². The SMILES string of the molecule is Cc1ccc(N(c2ccc(Br)cc2)c2ccc3c(c2)C(C)(C)c2cc(N(c4ccc(C)cc4)c4ccc(Br)cc4)ccc2-3)cc1. The molecule has 0 aromatic heterocycles. The normalized spacial score (nSPS) is 12.8. The number of anilines is 6. The zero-order chi connectivity index (χ0) is 31.3. The van der Waals surface area contributed by atoms with Crippen LogP contribution in [0.3, 0.4) is 0 Å². The third-order valence-corrected chi connectivity index (χ3v) is 9.97. The molecule has 0 atom stereocenters. The number of fused-ring (bicyclic) bond motifs is 3. The Hall–Kier alpha value is -4.12. The monoisotopic (exact) mass is 712 g/mol. The summed E-state index contributed by atoms with van der Waals surface area (Å²) in [5.41, 5.74) is 14.4. The van der Waals surface area contributed by atoms with Crippen molar-refractivity contribution in [2.45, 2.75) is 33.1 Å². The number of aryl methyl sites for hydroxylation is 2. The highest BCUT2D eigenvalue weighted by Gasteiger charge is 2.36. The van der Waals surface area contributed by atoms with Crippen LogP contribution in [0.15, 0.2) is 142 Å². The molecule has 222 valence electrons. The lowest BCUT2D eigenvalue weighted by Gasteiger charge is -2.29. The van der Waals surface area contributed by atoms with Gasteiger partial charge in [-0.15, -0.1) is 0 Å². The molecule has 0 bridgehead atoms. The molecule has 6 aromatic carbocycles. The van der Waals surface area contributed by atoms with Crippen LogP contribution in [0, 0.1) is 13.8 Å². The fraction of sp³-hybridized carbons (Fsp3) is 0.122. The lowest BCUT2D eigenvalue weighted by Crippen LogP contribution is -2.17. The highest BCUT2D eigenvalue weighted by atomic mass is 79.9. The van der Waals surface area contributed by atoms with Crippen molar-refractivity contribution in [2.75, 3.05) is 9.80 Å². The van der Waals surface area contributed by atoms with E-state index in [4.69, 9.17) is 0 Å². The van der Waals surface area contributed by atoms with E-state index in [2.05, 4.69) is 203 Å². The van der Waals surface area contributed by atoms with E-state index in [1.54, 1.807) is 0 Å². The van der Waals surface area contributed by atoms with Crippen LogP contribution in [0.2, 0.25) is 0 Å². The zero-order valence-electron chi connectivity index (χ0n) is 25.9. The molecule has 0 fully saturated rings. The minimum absolute atomic E-state index is 0.186. The van der Waals surface area contributed by atoms with Crippen LogP contribution in [0.5, 0.6) is 0 Å². The van der Waals surface area contributed by atoms with Crippen molar-refractivity contribution in [2.24, 2.45) is 0 Å². The molecule has 0 heterocycles. The third kappa shape index (κ3) is 5.51. The molecule has 0 N–H and O–H groups in total. The highest BCUT2D eigenvalue weighted by Crippen LogP contribution is 2.52. The Morgan fingerprint density at radius 3 is 1.02 bits per heavy atom. The molecule has 0 saturated carbocycles. The van der Waals surface area contributed by atoms with Gasteiger partial charge < -0.3 is 9.80 Å². The first-order valence-electron chi connectivity index (χ1n) is 15.2. The number of nitrogens with zero attached hydrogens (tertiary/aromatic N) is 2. The van der Waals surface area contributed by atoms with Gasteiger partial charge in [0.25, 0.3) is 0 Å². The van der Waals surface area contributed by atoms with Crippen LogP contribution in [-0.2, 0) is 5.41 Å². The molecule has 1 aliphatic carbocycles. The van der Waals surface area contributed by atoms with Crippen molar-refractivity contribution in [1.82, 2.24) is 0 Å². The van der Waals surface area contributed by atoms with Crippen LogP contribution in [0.25, 0.3) is 11.1 Å². The largest absolute Gasteiger partial charge is 0.310 e. The molecule has 0 amide bonds. The van der Waals surface area contributed by atoms with Gasteiger partial charge in [0.05, 0.1) is 0 Å². The maximum atomic E-state index is 3.62. The molecule has 6 aromatic rings. The topological polar surface area (TPSA) is 6.48 Å². The van der Waals surface area contributed by atoms with E-state index >= 15 is 0 Å². The molecule has 0 spiro atoms. The van der Waals surface area contributed by atoms with Gasteiger partial charge in [-0.25, -0.2) is 0 Å². The predicted octanol–water partition coefficient (Wildman–Crippen LogP) is 13.1. The van der Waals surface area contributed by atoms with Gasteiger partial charge in [-0.1, -0.05) is 93.2 Å². The van der Waals surface area contributed by atoms with Crippen molar-refractivity contribution in [3.8, 4) is 11.1 Å². The molecule has 0 aliphatic heterocycles. The van der Waals surface area contributed by atoms with Crippen molar-refractivity contribution in [1.29, 1.82) is 0 Å². The number of hydrogen-bond donors (Lipinski definition) is 0. The Morgan fingerprint density at radius 2 is 0.689 bits per heavy atom. The Labute approximate surface area is 283 Å². The van der Waals surface area contributed by atoms with E-state index in [-0.39, 0.29) is 5.41 Å².